The van der Waals surface area contributed by atoms with Gasteiger partial charge in [-0.15, -0.1) is 0 Å². The Kier molecular flexibility index (Phi) is 1.98. The van der Waals surface area contributed by atoms with E-state index >= 15 is 0 Å². The minimum Gasteiger partial charge on any atom is -0.493 e. The van der Waals surface area contributed by atoms with Crippen molar-refractivity contribution in [3.05, 3.63) is 46.1 Å². The predicted octanol–water partition coefficient (Wildman–Crippen LogP) is 2.58. The van der Waals surface area contributed by atoms with Crippen molar-refractivity contribution in [3.63, 3.8) is 0 Å². The second-order valence-electron chi connectivity index (χ2n) is 4.78. The molecular formula is C15H11NO3. The molecule has 1 aliphatic rings. The highest BCUT2D eigenvalue weighted by Gasteiger charge is 2.20. The van der Waals surface area contributed by atoms with Gasteiger partial charge in [0.1, 0.15) is 11.3 Å². The molecule has 0 aliphatic carbocycles. The predicted molar refractivity (Wildman–Crippen MR) is 71.7 cm³/mol. The van der Waals surface area contributed by atoms with Crippen molar-refractivity contribution in [3.8, 4) is 5.75 Å². The van der Waals surface area contributed by atoms with Crippen LogP contribution < -0.4 is 10.4 Å². The van der Waals surface area contributed by atoms with E-state index in [0.29, 0.717) is 17.6 Å². The summed E-state index contributed by atoms with van der Waals surface area (Å²) in [5.74, 6) is 0.865. The largest absolute Gasteiger partial charge is 0.493 e. The minimum absolute atomic E-state index is 0.350. The highest BCUT2D eigenvalue weighted by molar-refractivity contribution is 6.05. The normalized spacial score (nSPS) is 13.7. The Morgan fingerprint density at radius 1 is 1.26 bits per heavy atom. The molecule has 3 heterocycles. The molecule has 19 heavy (non-hydrogen) atoms. The van der Waals surface area contributed by atoms with Crippen molar-refractivity contribution >= 4 is 21.7 Å². The molecule has 1 aromatic carbocycles. The summed E-state index contributed by atoms with van der Waals surface area (Å²) in [4.78, 5) is 16.0. The van der Waals surface area contributed by atoms with Gasteiger partial charge in [0.15, 0.2) is 0 Å². The van der Waals surface area contributed by atoms with Crippen molar-refractivity contribution in [1.29, 1.82) is 0 Å². The Morgan fingerprint density at radius 2 is 2.16 bits per heavy atom. The SMILES string of the molecule is Cc1c2c(cc3c1oc(=O)c1cnccc13)CCO2. The number of hydrogen-bond acceptors (Lipinski definition) is 4. The van der Waals surface area contributed by atoms with Crippen molar-refractivity contribution in [2.75, 3.05) is 6.61 Å². The molecule has 3 aromatic rings. The van der Waals surface area contributed by atoms with E-state index in [2.05, 4.69) is 11.1 Å². The zero-order chi connectivity index (χ0) is 13.0. The van der Waals surface area contributed by atoms with Gasteiger partial charge in [0.2, 0.25) is 0 Å². The lowest BCUT2D eigenvalue weighted by atomic mass is 10.0. The lowest BCUT2D eigenvalue weighted by Gasteiger charge is -2.08. The minimum atomic E-state index is -0.350. The fraction of sp³-hybridized carbons (Fsp3) is 0.200. The molecule has 4 nitrogen and oxygen atoms in total. The number of ether oxygens (including phenoxy) is 1. The third kappa shape index (κ3) is 1.34. The van der Waals surface area contributed by atoms with E-state index in [9.17, 15) is 4.79 Å². The molecule has 0 atom stereocenters. The topological polar surface area (TPSA) is 52.3 Å². The van der Waals surface area contributed by atoms with E-state index in [1.54, 1.807) is 12.4 Å². The summed E-state index contributed by atoms with van der Waals surface area (Å²) < 4.78 is 11.1. The van der Waals surface area contributed by atoms with Gasteiger partial charge < -0.3 is 9.15 Å². The van der Waals surface area contributed by atoms with E-state index < -0.39 is 0 Å². The van der Waals surface area contributed by atoms with Crippen LogP contribution in [0.1, 0.15) is 11.1 Å². The first-order chi connectivity index (χ1) is 9.25. The Morgan fingerprint density at radius 3 is 3.05 bits per heavy atom. The van der Waals surface area contributed by atoms with E-state index in [4.69, 9.17) is 9.15 Å². The Labute approximate surface area is 108 Å². The molecule has 4 rings (SSSR count). The van der Waals surface area contributed by atoms with E-state index in [-0.39, 0.29) is 5.63 Å². The molecule has 0 saturated heterocycles. The van der Waals surface area contributed by atoms with Gasteiger partial charge in [0, 0.05) is 35.2 Å². The average Bonchev–Trinajstić information content (AvgIpc) is 2.90. The van der Waals surface area contributed by atoms with Crippen LogP contribution in [-0.2, 0) is 6.42 Å². The van der Waals surface area contributed by atoms with E-state index in [1.807, 2.05) is 13.0 Å². The second kappa shape index (κ2) is 3.57. The summed E-state index contributed by atoms with van der Waals surface area (Å²) in [6, 6.07) is 3.92. The maximum Gasteiger partial charge on any atom is 0.345 e. The van der Waals surface area contributed by atoms with Gasteiger partial charge in [-0.05, 0) is 24.6 Å². The highest BCUT2D eigenvalue weighted by Crippen LogP contribution is 2.36. The molecule has 0 bridgehead atoms. The van der Waals surface area contributed by atoms with Crippen molar-refractivity contribution in [2.24, 2.45) is 0 Å². The summed E-state index contributed by atoms with van der Waals surface area (Å²) in [5.41, 5.74) is 2.35. The van der Waals surface area contributed by atoms with Crippen molar-refractivity contribution < 1.29 is 9.15 Å². The maximum atomic E-state index is 12.0. The molecular weight excluding hydrogens is 242 g/mol. The number of hydrogen-bond donors (Lipinski definition) is 0. The number of rotatable bonds is 0. The molecule has 0 unspecified atom stereocenters. The summed E-state index contributed by atoms with van der Waals surface area (Å²) in [7, 11) is 0. The quantitative estimate of drug-likeness (QED) is 0.456. The number of pyridine rings is 1. The first-order valence-electron chi connectivity index (χ1n) is 6.21. The van der Waals surface area contributed by atoms with Crippen LogP contribution in [0.5, 0.6) is 5.75 Å². The van der Waals surface area contributed by atoms with Gasteiger partial charge in [0.25, 0.3) is 0 Å². The van der Waals surface area contributed by atoms with E-state index in [0.717, 1.165) is 28.5 Å². The van der Waals surface area contributed by atoms with Crippen LogP contribution in [0.15, 0.2) is 33.7 Å². The molecule has 0 radical (unpaired) electrons. The molecule has 0 spiro atoms. The molecule has 0 fully saturated rings. The third-order valence-corrected chi connectivity index (χ3v) is 3.68. The smallest absolute Gasteiger partial charge is 0.345 e. The van der Waals surface area contributed by atoms with Crippen LogP contribution in [0.4, 0.5) is 0 Å². The Hall–Kier alpha value is -2.36. The second-order valence-corrected chi connectivity index (χ2v) is 4.78. The van der Waals surface area contributed by atoms with Crippen LogP contribution in [0.25, 0.3) is 21.7 Å². The molecule has 0 amide bonds. The molecule has 1 aliphatic heterocycles. The average molecular weight is 253 g/mol. The molecule has 0 saturated carbocycles. The van der Waals surface area contributed by atoms with Crippen LogP contribution >= 0.6 is 0 Å². The number of aryl methyl sites for hydroxylation is 1. The molecule has 4 heteroatoms. The maximum absolute atomic E-state index is 12.0. The first kappa shape index (κ1) is 10.6. The fourth-order valence-corrected chi connectivity index (χ4v) is 2.77. The Bertz CT molecular complexity index is 880. The van der Waals surface area contributed by atoms with Crippen molar-refractivity contribution in [2.45, 2.75) is 13.3 Å². The van der Waals surface area contributed by atoms with Gasteiger partial charge in [-0.3, -0.25) is 4.98 Å². The lowest BCUT2D eigenvalue weighted by molar-refractivity contribution is 0.354. The van der Waals surface area contributed by atoms with Gasteiger partial charge in [-0.1, -0.05) is 0 Å². The molecule has 2 aromatic heterocycles. The van der Waals surface area contributed by atoms with Crippen LogP contribution in [0, 0.1) is 6.92 Å². The van der Waals surface area contributed by atoms with Crippen molar-refractivity contribution in [1.82, 2.24) is 4.98 Å². The van der Waals surface area contributed by atoms with Gasteiger partial charge in [0.05, 0.1) is 12.0 Å². The number of benzene rings is 1. The first-order valence-corrected chi connectivity index (χ1v) is 6.21. The standard InChI is InChI=1S/C15H11NO3/c1-8-13-9(3-5-18-13)6-11-10-2-4-16-7-12(10)15(17)19-14(8)11/h2,4,6-7H,3,5H2,1H3. The zero-order valence-corrected chi connectivity index (χ0v) is 10.4. The Balaban J connectivity index is 2.29. The number of nitrogens with zero attached hydrogens (tertiary/aromatic N) is 1. The summed E-state index contributed by atoms with van der Waals surface area (Å²) in [6.07, 6.45) is 4.15. The summed E-state index contributed by atoms with van der Waals surface area (Å²) in [6.45, 7) is 2.62. The van der Waals surface area contributed by atoms with Crippen LogP contribution in [0.3, 0.4) is 0 Å². The highest BCUT2D eigenvalue weighted by atomic mass is 16.5. The van der Waals surface area contributed by atoms with Gasteiger partial charge in [-0.2, -0.15) is 0 Å². The lowest BCUT2D eigenvalue weighted by Crippen LogP contribution is -2.01. The fourth-order valence-electron chi connectivity index (χ4n) is 2.77. The summed E-state index contributed by atoms with van der Waals surface area (Å²) >= 11 is 0. The van der Waals surface area contributed by atoms with Gasteiger partial charge in [-0.25, -0.2) is 4.79 Å². The van der Waals surface area contributed by atoms with E-state index in [1.165, 1.54) is 5.56 Å². The summed E-state index contributed by atoms with van der Waals surface area (Å²) in [5, 5.41) is 2.37. The molecule has 0 N–H and O–H groups in total. The third-order valence-electron chi connectivity index (χ3n) is 3.68. The van der Waals surface area contributed by atoms with Crippen LogP contribution in [0.2, 0.25) is 0 Å². The number of aromatic nitrogens is 1. The number of fused-ring (bicyclic) bond motifs is 4. The van der Waals surface area contributed by atoms with Gasteiger partial charge >= 0.3 is 5.63 Å². The van der Waals surface area contributed by atoms with Crippen LogP contribution in [-0.4, -0.2) is 11.6 Å². The zero-order valence-electron chi connectivity index (χ0n) is 10.4. The monoisotopic (exact) mass is 253 g/mol. The molecule has 94 valence electrons.